The lowest BCUT2D eigenvalue weighted by atomic mass is 9.72. The molecule has 4 rings (SSSR count). The van der Waals surface area contributed by atoms with Gasteiger partial charge in [-0.25, -0.2) is 18.8 Å². The molecule has 34 heavy (non-hydrogen) atoms. The molecular formula is C24H31F2N7O. The number of fused-ring (bicyclic) bond motifs is 1. The number of hydrogen-bond acceptors (Lipinski definition) is 7. The molecule has 0 spiro atoms. The molecule has 0 bridgehead atoms. The summed E-state index contributed by atoms with van der Waals surface area (Å²) in [4.78, 5) is 4.62. The number of methoxy groups -OCH3 is 1. The first-order chi connectivity index (χ1) is 16.4. The zero-order chi connectivity index (χ0) is 24.3. The standard InChI is InChI=1S/C24H31F2N7O/c1-4-24(2)10-7-16(8-11-24)29-23-30-22(34-3)21-17(9-12-33(21)32-23)15-5-6-18(31-27)19(13-15)28-14-20(25)26/h5-6,9,12-13,16,20,27-28H,4,7-8,10-11,14H2,1-3H3,(H,29,32). The van der Waals surface area contributed by atoms with Crippen LogP contribution in [0.3, 0.4) is 0 Å². The van der Waals surface area contributed by atoms with Crippen LogP contribution in [0.15, 0.2) is 35.6 Å². The van der Waals surface area contributed by atoms with Crippen molar-refractivity contribution in [2.75, 3.05) is 24.3 Å². The second-order valence-electron chi connectivity index (χ2n) is 9.17. The van der Waals surface area contributed by atoms with Crippen LogP contribution in [0.25, 0.3) is 16.6 Å². The summed E-state index contributed by atoms with van der Waals surface area (Å²) in [5.41, 5.74) is 10.6. The number of hydrogen-bond donors (Lipinski definition) is 3. The molecule has 0 amide bonds. The third-order valence-electron chi connectivity index (χ3n) is 6.93. The lowest BCUT2D eigenvalue weighted by molar-refractivity contribution is 0.163. The van der Waals surface area contributed by atoms with Gasteiger partial charge in [0.1, 0.15) is 11.2 Å². The van der Waals surface area contributed by atoms with Crippen LogP contribution in [-0.4, -0.2) is 40.7 Å². The van der Waals surface area contributed by atoms with Crippen molar-refractivity contribution >= 4 is 22.8 Å². The van der Waals surface area contributed by atoms with Crippen molar-refractivity contribution in [3.05, 3.63) is 30.5 Å². The van der Waals surface area contributed by atoms with Crippen LogP contribution in [0, 0.1) is 10.9 Å². The molecule has 1 aromatic carbocycles. The number of rotatable bonds is 9. The van der Waals surface area contributed by atoms with Gasteiger partial charge in [-0.05, 0) is 54.9 Å². The largest absolute Gasteiger partial charge is 0.479 e. The Hall–Kier alpha value is -3.30. The zero-order valence-electron chi connectivity index (χ0n) is 19.7. The van der Waals surface area contributed by atoms with E-state index in [9.17, 15) is 8.78 Å². The average Bonchev–Trinajstić information content (AvgIpc) is 3.27. The van der Waals surface area contributed by atoms with Gasteiger partial charge in [0.25, 0.3) is 6.43 Å². The van der Waals surface area contributed by atoms with E-state index in [2.05, 4.69) is 39.7 Å². The molecule has 0 atom stereocenters. The van der Waals surface area contributed by atoms with E-state index in [1.165, 1.54) is 19.3 Å². The number of aromatic nitrogens is 3. The average molecular weight is 472 g/mol. The summed E-state index contributed by atoms with van der Waals surface area (Å²) in [5, 5.41) is 14.2. The Labute approximate surface area is 197 Å². The third-order valence-corrected chi connectivity index (χ3v) is 6.93. The Morgan fingerprint density at radius 1 is 1.29 bits per heavy atom. The van der Waals surface area contributed by atoms with Crippen molar-refractivity contribution in [2.45, 2.75) is 58.4 Å². The lowest BCUT2D eigenvalue weighted by Gasteiger charge is -2.36. The quantitative estimate of drug-likeness (QED) is 0.309. The highest BCUT2D eigenvalue weighted by Crippen LogP contribution is 2.40. The monoisotopic (exact) mass is 471 g/mol. The van der Waals surface area contributed by atoms with Gasteiger partial charge in [-0.2, -0.15) is 10.1 Å². The van der Waals surface area contributed by atoms with E-state index < -0.39 is 13.0 Å². The SMILES string of the molecule is CCC1(C)CCC(Nc2nc(OC)c3c(-c4ccc(N=N)c(NCC(F)F)c4)ccn3n2)CC1. The molecule has 2 heterocycles. The minimum absolute atomic E-state index is 0.286. The topological polar surface area (TPSA) is 99.7 Å². The van der Waals surface area contributed by atoms with Gasteiger partial charge in [0, 0.05) is 17.8 Å². The Kier molecular flexibility index (Phi) is 6.95. The van der Waals surface area contributed by atoms with Crippen LogP contribution >= 0.6 is 0 Å². The predicted octanol–water partition coefficient (Wildman–Crippen LogP) is 6.52. The molecule has 3 aromatic rings. The summed E-state index contributed by atoms with van der Waals surface area (Å²) < 4.78 is 32.8. The second-order valence-corrected chi connectivity index (χ2v) is 9.17. The molecule has 1 aliphatic rings. The highest BCUT2D eigenvalue weighted by molar-refractivity contribution is 5.87. The Bertz CT molecular complexity index is 1160. The highest BCUT2D eigenvalue weighted by atomic mass is 19.3. The molecule has 10 heteroatoms. The minimum atomic E-state index is -2.52. The molecular weight excluding hydrogens is 440 g/mol. The molecule has 1 saturated carbocycles. The van der Waals surface area contributed by atoms with Crippen LogP contribution in [0.5, 0.6) is 5.88 Å². The van der Waals surface area contributed by atoms with Crippen molar-refractivity contribution in [3.63, 3.8) is 0 Å². The smallest absolute Gasteiger partial charge is 0.255 e. The van der Waals surface area contributed by atoms with Gasteiger partial charge in [0.05, 0.1) is 19.3 Å². The van der Waals surface area contributed by atoms with Crippen LogP contribution in [0.1, 0.15) is 46.0 Å². The molecule has 0 saturated heterocycles. The maximum absolute atomic E-state index is 12.7. The number of halogens is 2. The second kappa shape index (κ2) is 9.90. The van der Waals surface area contributed by atoms with Gasteiger partial charge in [0.15, 0.2) is 0 Å². The number of nitrogens with one attached hydrogen (secondary N) is 3. The fraction of sp³-hybridized carbons (Fsp3) is 0.500. The number of nitrogens with zero attached hydrogens (tertiary/aromatic N) is 4. The molecule has 182 valence electrons. The maximum Gasteiger partial charge on any atom is 0.255 e. The minimum Gasteiger partial charge on any atom is -0.479 e. The fourth-order valence-electron chi connectivity index (χ4n) is 4.55. The van der Waals surface area contributed by atoms with Crippen LogP contribution in [0.2, 0.25) is 0 Å². The first kappa shape index (κ1) is 23.8. The molecule has 0 radical (unpaired) electrons. The first-order valence-electron chi connectivity index (χ1n) is 11.6. The van der Waals surface area contributed by atoms with E-state index in [-0.39, 0.29) is 5.69 Å². The maximum atomic E-state index is 12.7. The van der Waals surface area contributed by atoms with Gasteiger partial charge in [0.2, 0.25) is 11.8 Å². The van der Waals surface area contributed by atoms with Crippen molar-refractivity contribution in [1.82, 2.24) is 14.6 Å². The molecule has 0 unspecified atom stereocenters. The Morgan fingerprint density at radius 3 is 2.71 bits per heavy atom. The van der Waals surface area contributed by atoms with Crippen molar-refractivity contribution < 1.29 is 13.5 Å². The molecule has 0 aliphatic heterocycles. The Balaban J connectivity index is 1.62. The molecule has 3 N–H and O–H groups in total. The molecule has 8 nitrogen and oxygen atoms in total. The summed E-state index contributed by atoms with van der Waals surface area (Å²) in [5.74, 6) is 0.933. The van der Waals surface area contributed by atoms with E-state index in [0.717, 1.165) is 24.0 Å². The van der Waals surface area contributed by atoms with Gasteiger partial charge in [-0.1, -0.05) is 26.3 Å². The third kappa shape index (κ3) is 4.95. The normalized spacial score (nSPS) is 20.5. The van der Waals surface area contributed by atoms with Crippen molar-refractivity contribution in [1.29, 1.82) is 5.53 Å². The lowest BCUT2D eigenvalue weighted by Crippen LogP contribution is -2.32. The van der Waals surface area contributed by atoms with E-state index in [0.29, 0.717) is 34.5 Å². The van der Waals surface area contributed by atoms with Gasteiger partial charge < -0.3 is 15.4 Å². The molecule has 2 aromatic heterocycles. The number of anilines is 2. The van der Waals surface area contributed by atoms with Crippen molar-refractivity contribution in [2.24, 2.45) is 10.5 Å². The predicted molar refractivity (Wildman–Crippen MR) is 129 cm³/mol. The number of benzene rings is 1. The zero-order valence-corrected chi connectivity index (χ0v) is 19.7. The van der Waals surface area contributed by atoms with Crippen molar-refractivity contribution in [3.8, 4) is 17.0 Å². The van der Waals surface area contributed by atoms with Crippen LogP contribution in [0.4, 0.5) is 26.1 Å². The highest BCUT2D eigenvalue weighted by Gasteiger charge is 2.30. The molecule has 1 fully saturated rings. The summed E-state index contributed by atoms with van der Waals surface area (Å²) >= 11 is 0. The Morgan fingerprint density at radius 2 is 2.06 bits per heavy atom. The van der Waals surface area contributed by atoms with E-state index >= 15 is 0 Å². The fourth-order valence-corrected chi connectivity index (χ4v) is 4.55. The summed E-state index contributed by atoms with van der Waals surface area (Å²) in [6.07, 6.45) is 5.01. The summed E-state index contributed by atoms with van der Waals surface area (Å²) in [6, 6.07) is 7.31. The van der Waals surface area contributed by atoms with Gasteiger partial charge in [-0.3, -0.25) is 0 Å². The number of ether oxygens (including phenoxy) is 1. The van der Waals surface area contributed by atoms with Gasteiger partial charge >= 0.3 is 0 Å². The van der Waals surface area contributed by atoms with E-state index in [1.54, 1.807) is 29.8 Å². The molecule has 1 aliphatic carbocycles. The van der Waals surface area contributed by atoms with Gasteiger partial charge in [-0.15, -0.1) is 5.10 Å². The summed E-state index contributed by atoms with van der Waals surface area (Å²) in [7, 11) is 1.56. The number of alkyl halides is 2. The van der Waals surface area contributed by atoms with E-state index in [1.807, 2.05) is 12.3 Å². The summed E-state index contributed by atoms with van der Waals surface area (Å²) in [6.45, 7) is 4.09. The van der Waals surface area contributed by atoms with Crippen LogP contribution < -0.4 is 15.4 Å². The van der Waals surface area contributed by atoms with Crippen LogP contribution in [-0.2, 0) is 0 Å². The van der Waals surface area contributed by atoms with E-state index in [4.69, 9.17) is 10.3 Å². The first-order valence-corrected chi connectivity index (χ1v) is 11.6.